The maximum absolute atomic E-state index is 13.7. The fourth-order valence-corrected chi connectivity index (χ4v) is 2.85. The molecule has 0 aliphatic carbocycles. The first-order valence-electron chi connectivity index (χ1n) is 8.59. The highest BCUT2D eigenvalue weighted by molar-refractivity contribution is 6.07. The van der Waals surface area contributed by atoms with Crippen LogP contribution in [0.3, 0.4) is 0 Å². The van der Waals surface area contributed by atoms with E-state index >= 15 is 0 Å². The molecule has 0 N–H and O–H groups in total. The Morgan fingerprint density at radius 3 is 2.43 bits per heavy atom. The number of pyridine rings is 2. The third-order valence-corrected chi connectivity index (χ3v) is 4.25. The average molecular weight is 373 g/mol. The van der Waals surface area contributed by atoms with Crippen LogP contribution in [0.5, 0.6) is 0 Å². The molecule has 0 atom stereocenters. The molecular weight excluding hydrogens is 357 g/mol. The van der Waals surface area contributed by atoms with E-state index in [4.69, 9.17) is 0 Å². The van der Waals surface area contributed by atoms with Crippen LogP contribution >= 0.6 is 0 Å². The second kappa shape index (κ2) is 7.11. The Balaban J connectivity index is 1.82. The van der Waals surface area contributed by atoms with E-state index in [2.05, 4.69) is 19.9 Å². The molecule has 0 bridgehead atoms. The summed E-state index contributed by atoms with van der Waals surface area (Å²) in [6.45, 7) is 0. The lowest BCUT2D eigenvalue weighted by atomic mass is 10.0. The highest BCUT2D eigenvalue weighted by Gasteiger charge is 2.16. The van der Waals surface area contributed by atoms with Gasteiger partial charge in [0, 0.05) is 43.6 Å². The molecule has 1 amide bonds. The topological polar surface area (TPSA) is 71.9 Å². The van der Waals surface area contributed by atoms with E-state index in [1.807, 2.05) is 18.2 Å². The molecule has 0 saturated heterocycles. The number of rotatable bonds is 3. The lowest BCUT2D eigenvalue weighted by molar-refractivity contribution is 0.0829. The standard InChI is InChI=1S/C21H16FN5O/c1-27(2)21(28)16-10-19(26-17-7-6-14(22)9-15(16)17)13-11-24-20(25-12-13)18-5-3-4-8-23-18/h3-12H,1-2H3. The molecule has 4 rings (SSSR count). The van der Waals surface area contributed by atoms with Gasteiger partial charge in [0.1, 0.15) is 11.5 Å². The van der Waals surface area contributed by atoms with Crippen molar-refractivity contribution in [3.63, 3.8) is 0 Å². The van der Waals surface area contributed by atoms with Gasteiger partial charge < -0.3 is 4.90 Å². The first kappa shape index (κ1) is 17.7. The van der Waals surface area contributed by atoms with Crippen LogP contribution in [0, 0.1) is 5.82 Å². The van der Waals surface area contributed by atoms with Gasteiger partial charge >= 0.3 is 0 Å². The molecule has 28 heavy (non-hydrogen) atoms. The molecule has 6 nitrogen and oxygen atoms in total. The van der Waals surface area contributed by atoms with Crippen LogP contribution in [0.15, 0.2) is 61.1 Å². The summed E-state index contributed by atoms with van der Waals surface area (Å²) in [6, 6.07) is 11.4. The van der Waals surface area contributed by atoms with Gasteiger partial charge in [0.15, 0.2) is 5.82 Å². The second-order valence-electron chi connectivity index (χ2n) is 6.43. The molecule has 138 valence electrons. The number of halogens is 1. The molecule has 3 aromatic heterocycles. The third-order valence-electron chi connectivity index (χ3n) is 4.25. The second-order valence-corrected chi connectivity index (χ2v) is 6.43. The maximum atomic E-state index is 13.7. The predicted octanol–water partition coefficient (Wildman–Crippen LogP) is 3.59. The summed E-state index contributed by atoms with van der Waals surface area (Å²) in [5.41, 5.74) is 2.76. The normalized spacial score (nSPS) is 10.8. The zero-order valence-corrected chi connectivity index (χ0v) is 15.3. The summed E-state index contributed by atoms with van der Waals surface area (Å²) >= 11 is 0. The number of fused-ring (bicyclic) bond motifs is 1. The van der Waals surface area contributed by atoms with Crippen LogP contribution < -0.4 is 0 Å². The van der Waals surface area contributed by atoms with E-state index in [1.165, 1.54) is 17.0 Å². The number of amides is 1. The Hall–Kier alpha value is -3.74. The fourth-order valence-electron chi connectivity index (χ4n) is 2.85. The van der Waals surface area contributed by atoms with Crippen LogP contribution in [0.25, 0.3) is 33.7 Å². The van der Waals surface area contributed by atoms with E-state index in [0.717, 1.165) is 0 Å². The molecule has 0 spiro atoms. The van der Waals surface area contributed by atoms with Crippen molar-refractivity contribution >= 4 is 16.8 Å². The lowest BCUT2D eigenvalue weighted by Crippen LogP contribution is -2.22. The van der Waals surface area contributed by atoms with Gasteiger partial charge in [-0.25, -0.2) is 19.3 Å². The van der Waals surface area contributed by atoms with Crippen LogP contribution in [-0.4, -0.2) is 44.8 Å². The minimum atomic E-state index is -0.419. The van der Waals surface area contributed by atoms with Crippen molar-refractivity contribution in [2.45, 2.75) is 0 Å². The molecule has 0 aliphatic rings. The van der Waals surface area contributed by atoms with Crippen LogP contribution in [-0.2, 0) is 0 Å². The molecule has 3 heterocycles. The van der Waals surface area contributed by atoms with Crippen molar-refractivity contribution in [3.05, 3.63) is 72.4 Å². The van der Waals surface area contributed by atoms with Crippen molar-refractivity contribution in [1.82, 2.24) is 24.8 Å². The summed E-state index contributed by atoms with van der Waals surface area (Å²) < 4.78 is 13.7. The number of hydrogen-bond acceptors (Lipinski definition) is 5. The lowest BCUT2D eigenvalue weighted by Gasteiger charge is -2.14. The highest BCUT2D eigenvalue weighted by Crippen LogP contribution is 2.26. The molecule has 0 aliphatic heterocycles. The van der Waals surface area contributed by atoms with E-state index in [9.17, 15) is 9.18 Å². The third kappa shape index (κ3) is 3.29. The number of carbonyl (C=O) groups excluding carboxylic acids is 1. The van der Waals surface area contributed by atoms with E-state index in [1.54, 1.807) is 44.8 Å². The van der Waals surface area contributed by atoms with Gasteiger partial charge in [-0.2, -0.15) is 0 Å². The number of nitrogens with zero attached hydrogens (tertiary/aromatic N) is 5. The monoisotopic (exact) mass is 373 g/mol. The highest BCUT2D eigenvalue weighted by atomic mass is 19.1. The van der Waals surface area contributed by atoms with Gasteiger partial charge in [-0.05, 0) is 36.4 Å². The van der Waals surface area contributed by atoms with Crippen molar-refractivity contribution in [2.75, 3.05) is 14.1 Å². The Morgan fingerprint density at radius 1 is 0.964 bits per heavy atom. The number of benzene rings is 1. The van der Waals surface area contributed by atoms with Crippen molar-refractivity contribution in [2.24, 2.45) is 0 Å². The number of aromatic nitrogens is 4. The van der Waals surface area contributed by atoms with Gasteiger partial charge in [0.25, 0.3) is 5.91 Å². The quantitative estimate of drug-likeness (QED) is 0.549. The van der Waals surface area contributed by atoms with Gasteiger partial charge in [0.05, 0.1) is 16.8 Å². The predicted molar refractivity (Wildman–Crippen MR) is 104 cm³/mol. The first-order valence-corrected chi connectivity index (χ1v) is 8.59. The average Bonchev–Trinajstić information content (AvgIpc) is 2.73. The van der Waals surface area contributed by atoms with Gasteiger partial charge in [-0.1, -0.05) is 6.07 Å². The van der Waals surface area contributed by atoms with Gasteiger partial charge in [0.2, 0.25) is 0 Å². The maximum Gasteiger partial charge on any atom is 0.254 e. The summed E-state index contributed by atoms with van der Waals surface area (Å²) in [5, 5.41) is 0.466. The summed E-state index contributed by atoms with van der Waals surface area (Å²) in [5.74, 6) is -0.153. The molecule has 7 heteroatoms. The van der Waals surface area contributed by atoms with Crippen LogP contribution in [0.2, 0.25) is 0 Å². The van der Waals surface area contributed by atoms with E-state index in [0.29, 0.717) is 39.2 Å². The van der Waals surface area contributed by atoms with Crippen molar-refractivity contribution in [1.29, 1.82) is 0 Å². The minimum Gasteiger partial charge on any atom is -0.345 e. The van der Waals surface area contributed by atoms with Crippen molar-refractivity contribution in [3.8, 4) is 22.8 Å². The Bertz CT molecular complexity index is 1160. The summed E-state index contributed by atoms with van der Waals surface area (Å²) in [4.78, 5) is 31.6. The van der Waals surface area contributed by atoms with Crippen LogP contribution in [0.1, 0.15) is 10.4 Å². The van der Waals surface area contributed by atoms with Gasteiger partial charge in [-0.15, -0.1) is 0 Å². The van der Waals surface area contributed by atoms with E-state index in [-0.39, 0.29) is 5.91 Å². The van der Waals surface area contributed by atoms with E-state index < -0.39 is 5.82 Å². The molecule has 1 aromatic carbocycles. The number of hydrogen-bond donors (Lipinski definition) is 0. The van der Waals surface area contributed by atoms with Gasteiger partial charge in [-0.3, -0.25) is 9.78 Å². The zero-order valence-electron chi connectivity index (χ0n) is 15.3. The largest absolute Gasteiger partial charge is 0.345 e. The Kier molecular flexibility index (Phi) is 4.49. The molecule has 0 radical (unpaired) electrons. The molecule has 0 fully saturated rings. The Morgan fingerprint density at radius 2 is 1.75 bits per heavy atom. The smallest absolute Gasteiger partial charge is 0.254 e. The zero-order chi connectivity index (χ0) is 19.7. The van der Waals surface area contributed by atoms with Crippen molar-refractivity contribution < 1.29 is 9.18 Å². The van der Waals surface area contributed by atoms with Crippen LogP contribution in [0.4, 0.5) is 4.39 Å². The molecule has 0 saturated carbocycles. The number of carbonyl (C=O) groups is 1. The summed E-state index contributed by atoms with van der Waals surface area (Å²) in [6.07, 6.45) is 4.95. The minimum absolute atomic E-state index is 0.231. The summed E-state index contributed by atoms with van der Waals surface area (Å²) in [7, 11) is 3.30. The SMILES string of the molecule is CN(C)C(=O)c1cc(-c2cnc(-c3ccccn3)nc2)nc2ccc(F)cc12. The molecule has 4 aromatic rings. The molecule has 0 unspecified atom stereocenters. The Labute approximate surface area is 160 Å². The fraction of sp³-hybridized carbons (Fsp3) is 0.0952. The first-order chi connectivity index (χ1) is 13.5. The molecular formula is C21H16FN5O.